The lowest BCUT2D eigenvalue weighted by atomic mass is 10.4. The van der Waals surface area contributed by atoms with Gasteiger partial charge in [0.05, 0.1) is 9.79 Å². The maximum atomic E-state index is 12.1. The molecule has 4 nitrogen and oxygen atoms in total. The van der Waals surface area contributed by atoms with E-state index in [9.17, 15) is 8.42 Å². The van der Waals surface area contributed by atoms with Crippen molar-refractivity contribution in [2.45, 2.75) is 9.79 Å². The second-order valence-electron chi connectivity index (χ2n) is 3.38. The average Bonchev–Trinajstić information content (AvgIpc) is 2.30. The highest BCUT2D eigenvalue weighted by atomic mass is 35.5. The van der Waals surface area contributed by atoms with Crippen LogP contribution in [0.3, 0.4) is 0 Å². The van der Waals surface area contributed by atoms with E-state index >= 15 is 0 Å². The fraction of sp³-hybridized carbons (Fsp3) is 0. The van der Waals surface area contributed by atoms with Crippen molar-refractivity contribution in [3.8, 4) is 0 Å². The van der Waals surface area contributed by atoms with Gasteiger partial charge in [-0.15, -0.1) is 0 Å². The molecule has 1 aromatic heterocycles. The van der Waals surface area contributed by atoms with Gasteiger partial charge in [-0.3, -0.25) is 0 Å². The summed E-state index contributed by atoms with van der Waals surface area (Å²) in [4.78, 5) is 4.04. The van der Waals surface area contributed by atoms with E-state index in [2.05, 4.69) is 4.98 Å². The molecule has 0 saturated carbocycles. The van der Waals surface area contributed by atoms with Gasteiger partial charge in [0, 0.05) is 11.2 Å². The quantitative estimate of drug-likeness (QED) is 0.906. The topological polar surface area (TPSA) is 73.1 Å². The van der Waals surface area contributed by atoms with Gasteiger partial charge in [-0.05, 0) is 36.4 Å². The Bertz CT molecular complexity index is 570. The van der Waals surface area contributed by atoms with Crippen LogP contribution < -0.4 is 5.73 Å². The summed E-state index contributed by atoms with van der Waals surface area (Å²) in [7, 11) is -3.55. The molecule has 0 fully saturated rings. The number of halogens is 1. The molecule has 0 aliphatic heterocycles. The highest BCUT2D eigenvalue weighted by molar-refractivity contribution is 7.91. The number of hydrogen-bond donors (Lipinski definition) is 1. The fourth-order valence-electron chi connectivity index (χ4n) is 1.30. The molecule has 0 unspecified atom stereocenters. The second-order valence-corrected chi connectivity index (χ2v) is 5.76. The summed E-state index contributed by atoms with van der Waals surface area (Å²) < 4.78 is 24.3. The number of sulfone groups is 1. The lowest BCUT2D eigenvalue weighted by molar-refractivity contribution is 0.595. The first-order chi connectivity index (χ1) is 8.00. The minimum absolute atomic E-state index is 0.106. The maximum Gasteiger partial charge on any atom is 0.208 e. The van der Waals surface area contributed by atoms with E-state index in [4.69, 9.17) is 17.3 Å². The number of benzene rings is 1. The fourth-order valence-corrected chi connectivity index (χ4v) is 2.63. The smallest absolute Gasteiger partial charge is 0.208 e. The maximum absolute atomic E-state index is 12.1. The summed E-state index contributed by atoms with van der Waals surface area (Å²) in [5.41, 5.74) is 5.41. The third-order valence-corrected chi connectivity index (χ3v) is 4.20. The van der Waals surface area contributed by atoms with Crippen LogP contribution in [0.25, 0.3) is 0 Å². The number of rotatable bonds is 2. The molecule has 1 heterocycles. The SMILES string of the molecule is Nc1ccc(S(=O)(=O)c2ccc(Cl)cc2)cn1. The number of anilines is 1. The first kappa shape index (κ1) is 11.9. The molecule has 0 saturated heterocycles. The number of nitrogens with zero attached hydrogens (tertiary/aromatic N) is 1. The molecule has 0 spiro atoms. The predicted octanol–water partition coefficient (Wildman–Crippen LogP) is 2.15. The van der Waals surface area contributed by atoms with Gasteiger partial charge in [-0.1, -0.05) is 11.6 Å². The summed E-state index contributed by atoms with van der Waals surface area (Å²) >= 11 is 5.70. The summed E-state index contributed by atoms with van der Waals surface area (Å²) in [6.07, 6.45) is 1.24. The zero-order valence-corrected chi connectivity index (χ0v) is 10.2. The van der Waals surface area contributed by atoms with Crippen molar-refractivity contribution >= 4 is 27.3 Å². The number of nitrogen functional groups attached to an aromatic ring is 1. The molecule has 17 heavy (non-hydrogen) atoms. The Labute approximate surface area is 104 Å². The van der Waals surface area contributed by atoms with Crippen molar-refractivity contribution in [1.29, 1.82) is 0 Å². The first-order valence-electron chi connectivity index (χ1n) is 4.72. The molecule has 0 aliphatic carbocycles. The average molecular weight is 269 g/mol. The van der Waals surface area contributed by atoms with E-state index in [1.54, 1.807) is 0 Å². The van der Waals surface area contributed by atoms with Crippen LogP contribution in [0.4, 0.5) is 5.82 Å². The number of nitrogens with two attached hydrogens (primary N) is 1. The molecule has 2 aromatic rings. The third kappa shape index (κ3) is 2.40. The van der Waals surface area contributed by atoms with E-state index in [1.165, 1.54) is 42.6 Å². The van der Waals surface area contributed by atoms with Gasteiger partial charge in [-0.25, -0.2) is 13.4 Å². The Hall–Kier alpha value is -1.59. The van der Waals surface area contributed by atoms with E-state index in [-0.39, 0.29) is 15.6 Å². The van der Waals surface area contributed by atoms with E-state index in [1.807, 2.05) is 0 Å². The van der Waals surface area contributed by atoms with Crippen molar-refractivity contribution in [2.75, 3.05) is 5.73 Å². The summed E-state index contributed by atoms with van der Waals surface area (Å²) in [5, 5.41) is 0.486. The molecule has 1 aromatic carbocycles. The molecule has 0 atom stereocenters. The highest BCUT2D eigenvalue weighted by Crippen LogP contribution is 2.21. The Kier molecular flexibility index (Phi) is 3.04. The van der Waals surface area contributed by atoms with Crippen molar-refractivity contribution in [3.05, 3.63) is 47.6 Å². The highest BCUT2D eigenvalue weighted by Gasteiger charge is 2.17. The third-order valence-electron chi connectivity index (χ3n) is 2.19. The monoisotopic (exact) mass is 268 g/mol. The molecular formula is C11H9ClN2O2S. The van der Waals surface area contributed by atoms with Crippen molar-refractivity contribution in [2.24, 2.45) is 0 Å². The van der Waals surface area contributed by atoms with Crippen molar-refractivity contribution in [1.82, 2.24) is 4.98 Å². The molecule has 0 radical (unpaired) electrons. The van der Waals surface area contributed by atoms with Crippen LogP contribution in [0.2, 0.25) is 5.02 Å². The zero-order valence-electron chi connectivity index (χ0n) is 8.67. The van der Waals surface area contributed by atoms with Crippen molar-refractivity contribution in [3.63, 3.8) is 0 Å². The van der Waals surface area contributed by atoms with E-state index in [0.717, 1.165) is 0 Å². The van der Waals surface area contributed by atoms with E-state index < -0.39 is 9.84 Å². The molecule has 0 aliphatic rings. The van der Waals surface area contributed by atoms with Gasteiger partial charge in [0.2, 0.25) is 9.84 Å². The van der Waals surface area contributed by atoms with Crippen LogP contribution in [0.5, 0.6) is 0 Å². The first-order valence-corrected chi connectivity index (χ1v) is 6.58. The van der Waals surface area contributed by atoms with Crippen LogP contribution >= 0.6 is 11.6 Å². The van der Waals surface area contributed by atoms with E-state index in [0.29, 0.717) is 5.02 Å². The molecule has 0 amide bonds. The second kappa shape index (κ2) is 4.35. The number of aromatic nitrogens is 1. The van der Waals surface area contributed by atoms with Crippen LogP contribution in [-0.4, -0.2) is 13.4 Å². The number of pyridine rings is 1. The molecule has 2 N–H and O–H groups in total. The van der Waals surface area contributed by atoms with Gasteiger partial charge in [0.25, 0.3) is 0 Å². The van der Waals surface area contributed by atoms with Gasteiger partial charge in [-0.2, -0.15) is 0 Å². The van der Waals surface area contributed by atoms with Crippen LogP contribution in [0, 0.1) is 0 Å². The molecular weight excluding hydrogens is 260 g/mol. The summed E-state index contributed by atoms with van der Waals surface area (Å²) in [5.74, 6) is 0.278. The minimum Gasteiger partial charge on any atom is -0.384 e. The summed E-state index contributed by atoms with van der Waals surface area (Å²) in [6.45, 7) is 0. The Balaban J connectivity index is 2.50. The Morgan fingerprint density at radius 2 is 1.59 bits per heavy atom. The van der Waals surface area contributed by atoms with Gasteiger partial charge in [0.1, 0.15) is 5.82 Å². The number of hydrogen-bond acceptors (Lipinski definition) is 4. The lowest BCUT2D eigenvalue weighted by Gasteiger charge is -2.04. The van der Waals surface area contributed by atoms with Crippen LogP contribution in [0.1, 0.15) is 0 Å². The van der Waals surface area contributed by atoms with Crippen molar-refractivity contribution < 1.29 is 8.42 Å². The molecule has 6 heteroatoms. The molecule has 88 valence electrons. The summed E-state index contributed by atoms with van der Waals surface area (Å²) in [6, 6.07) is 8.83. The standard InChI is InChI=1S/C11H9ClN2O2S/c12-8-1-3-9(4-2-8)17(15,16)10-5-6-11(13)14-7-10/h1-7H,(H2,13,14). The molecule has 2 rings (SSSR count). The normalized spacial score (nSPS) is 11.4. The predicted molar refractivity (Wildman–Crippen MR) is 65.6 cm³/mol. The molecule has 0 bridgehead atoms. The van der Waals surface area contributed by atoms with Crippen LogP contribution in [0.15, 0.2) is 52.4 Å². The largest absolute Gasteiger partial charge is 0.384 e. The van der Waals surface area contributed by atoms with Gasteiger partial charge in [0.15, 0.2) is 0 Å². The van der Waals surface area contributed by atoms with Gasteiger partial charge >= 0.3 is 0 Å². The zero-order chi connectivity index (χ0) is 12.5. The lowest BCUT2D eigenvalue weighted by Crippen LogP contribution is -2.03. The Morgan fingerprint density at radius 1 is 1.00 bits per heavy atom. The minimum atomic E-state index is -3.55. The van der Waals surface area contributed by atoms with Gasteiger partial charge < -0.3 is 5.73 Å². The Morgan fingerprint density at radius 3 is 2.12 bits per heavy atom. The van der Waals surface area contributed by atoms with Crippen LogP contribution in [-0.2, 0) is 9.84 Å².